The average Bonchev–Trinajstić information content (AvgIpc) is 2.67. The lowest BCUT2D eigenvalue weighted by atomic mass is 9.83. The smallest absolute Gasteiger partial charge is 0.0741 e. The summed E-state index contributed by atoms with van der Waals surface area (Å²) in [5.74, 6) is 0. The second-order valence-electron chi connectivity index (χ2n) is 3.87. The summed E-state index contributed by atoms with van der Waals surface area (Å²) in [5, 5.41) is 9.73. The van der Waals surface area contributed by atoms with Crippen molar-refractivity contribution in [3.8, 4) is 22.4 Å². The summed E-state index contributed by atoms with van der Waals surface area (Å²) in [4.78, 5) is 0. The van der Waals surface area contributed by atoms with Crippen LogP contribution < -0.4 is 0 Å². The maximum Gasteiger partial charge on any atom is 0.0741 e. The number of fused-ring (bicyclic) bond motifs is 6. The first kappa shape index (κ1) is 7.23. The van der Waals surface area contributed by atoms with Crippen LogP contribution in [0.25, 0.3) is 33.2 Å². The third-order valence-electron chi connectivity index (χ3n) is 3.11. The fourth-order valence-corrected chi connectivity index (χ4v) is 2.38. The van der Waals surface area contributed by atoms with Crippen LogP contribution in [-0.4, -0.2) is 10.2 Å². The van der Waals surface area contributed by atoms with Crippen molar-refractivity contribution in [2.75, 3.05) is 0 Å². The van der Waals surface area contributed by atoms with Crippen molar-refractivity contribution >= 4 is 10.8 Å². The van der Waals surface area contributed by atoms with Crippen molar-refractivity contribution in [1.82, 2.24) is 10.2 Å². The number of hydrogen-bond acceptors (Lipinski definition) is 1. The van der Waals surface area contributed by atoms with Gasteiger partial charge < -0.3 is 0 Å². The van der Waals surface area contributed by atoms with Crippen LogP contribution in [0.1, 0.15) is 0 Å². The molecule has 0 fully saturated rings. The minimum Gasteiger partial charge on any atom is -0.277 e. The third kappa shape index (κ3) is 0.734. The SMILES string of the molecule is c1ccc2c3c(ccc2c1)-c1cn[nH]c1-3. The van der Waals surface area contributed by atoms with Crippen LogP contribution in [-0.2, 0) is 0 Å². The zero-order valence-corrected chi connectivity index (χ0v) is 7.99. The Morgan fingerprint density at radius 1 is 0.933 bits per heavy atom. The molecule has 1 aliphatic rings. The second-order valence-corrected chi connectivity index (χ2v) is 3.87. The van der Waals surface area contributed by atoms with Crippen molar-refractivity contribution in [3.05, 3.63) is 42.6 Å². The summed E-state index contributed by atoms with van der Waals surface area (Å²) >= 11 is 0. The van der Waals surface area contributed by atoms with E-state index >= 15 is 0 Å². The molecule has 1 N–H and O–H groups in total. The van der Waals surface area contributed by atoms with Crippen LogP contribution >= 0.6 is 0 Å². The van der Waals surface area contributed by atoms with E-state index in [1.165, 1.54) is 33.2 Å². The summed E-state index contributed by atoms with van der Waals surface area (Å²) in [6.45, 7) is 0. The molecule has 2 heteroatoms. The van der Waals surface area contributed by atoms with E-state index in [4.69, 9.17) is 0 Å². The number of hydrogen-bond donors (Lipinski definition) is 1. The molecule has 0 spiro atoms. The van der Waals surface area contributed by atoms with Gasteiger partial charge in [-0.15, -0.1) is 0 Å². The minimum absolute atomic E-state index is 1.18. The average molecular weight is 192 g/mol. The van der Waals surface area contributed by atoms with Gasteiger partial charge in [-0.05, 0) is 16.3 Å². The first-order valence-electron chi connectivity index (χ1n) is 5.01. The number of benzene rings is 2. The Morgan fingerprint density at radius 2 is 1.87 bits per heavy atom. The van der Waals surface area contributed by atoms with E-state index in [0.29, 0.717) is 0 Å². The van der Waals surface area contributed by atoms with Crippen molar-refractivity contribution in [2.45, 2.75) is 0 Å². The summed E-state index contributed by atoms with van der Waals surface area (Å²) in [5.41, 5.74) is 5.07. The lowest BCUT2D eigenvalue weighted by Crippen LogP contribution is -1.97. The number of H-pyrrole nitrogens is 1. The Labute approximate surface area is 86.6 Å². The van der Waals surface area contributed by atoms with E-state index in [2.05, 4.69) is 46.6 Å². The van der Waals surface area contributed by atoms with Gasteiger partial charge in [-0.3, -0.25) is 5.10 Å². The normalized spacial score (nSPS) is 12.0. The van der Waals surface area contributed by atoms with Gasteiger partial charge in [0.05, 0.1) is 11.9 Å². The molecular formula is C13H8N2. The molecule has 1 heterocycles. The molecule has 2 nitrogen and oxygen atoms in total. The van der Waals surface area contributed by atoms with Crippen LogP contribution in [0.4, 0.5) is 0 Å². The first-order chi connectivity index (χ1) is 7.45. The van der Waals surface area contributed by atoms with Crippen molar-refractivity contribution in [1.29, 1.82) is 0 Å². The highest BCUT2D eigenvalue weighted by Crippen LogP contribution is 2.48. The highest BCUT2D eigenvalue weighted by molar-refractivity contribution is 6.13. The quantitative estimate of drug-likeness (QED) is 0.455. The van der Waals surface area contributed by atoms with Crippen LogP contribution in [0.15, 0.2) is 42.6 Å². The molecule has 1 aromatic heterocycles. The largest absolute Gasteiger partial charge is 0.277 e. The van der Waals surface area contributed by atoms with Crippen molar-refractivity contribution < 1.29 is 0 Å². The minimum atomic E-state index is 1.18. The number of nitrogens with zero attached hydrogens (tertiary/aromatic N) is 1. The lowest BCUT2D eigenvalue weighted by Gasteiger charge is -2.20. The van der Waals surface area contributed by atoms with Gasteiger partial charge in [-0.25, -0.2) is 0 Å². The summed E-state index contributed by atoms with van der Waals surface area (Å²) in [6, 6.07) is 12.8. The summed E-state index contributed by atoms with van der Waals surface area (Å²) in [7, 11) is 0. The van der Waals surface area contributed by atoms with E-state index in [1.54, 1.807) is 0 Å². The molecule has 0 amide bonds. The molecule has 0 saturated heterocycles. The van der Waals surface area contributed by atoms with Gasteiger partial charge in [0.2, 0.25) is 0 Å². The molecule has 0 atom stereocenters. The van der Waals surface area contributed by atoms with E-state index in [1.807, 2.05) is 6.20 Å². The Bertz CT molecular complexity index is 680. The standard InChI is InChI=1S/C13H8N2/c1-2-4-9-8(3-1)5-6-10-11-7-14-15-13(11)12(9)10/h1-7H,(H,14,15). The van der Waals surface area contributed by atoms with Crippen molar-refractivity contribution in [3.63, 3.8) is 0 Å². The summed E-state index contributed by atoms with van der Waals surface area (Å²) in [6.07, 6.45) is 1.90. The maximum absolute atomic E-state index is 4.08. The molecule has 2 aromatic carbocycles. The van der Waals surface area contributed by atoms with Gasteiger partial charge in [0, 0.05) is 11.1 Å². The molecule has 4 rings (SSSR count). The van der Waals surface area contributed by atoms with Crippen LogP contribution in [0.5, 0.6) is 0 Å². The third-order valence-corrected chi connectivity index (χ3v) is 3.11. The zero-order chi connectivity index (χ0) is 9.83. The number of rotatable bonds is 0. The number of aromatic amines is 1. The van der Waals surface area contributed by atoms with Crippen molar-refractivity contribution in [2.24, 2.45) is 0 Å². The Balaban J connectivity index is 2.20. The molecule has 0 radical (unpaired) electrons. The molecule has 70 valence electrons. The van der Waals surface area contributed by atoms with E-state index in [0.717, 1.165) is 0 Å². The molecule has 0 unspecified atom stereocenters. The topological polar surface area (TPSA) is 28.7 Å². The zero-order valence-electron chi connectivity index (χ0n) is 7.99. The van der Waals surface area contributed by atoms with Gasteiger partial charge in [0.15, 0.2) is 0 Å². The van der Waals surface area contributed by atoms with Crippen LogP contribution in [0.2, 0.25) is 0 Å². The molecule has 0 saturated carbocycles. The Hall–Kier alpha value is -2.09. The number of nitrogens with one attached hydrogen (secondary N) is 1. The maximum atomic E-state index is 4.08. The Morgan fingerprint density at radius 3 is 2.87 bits per heavy atom. The fraction of sp³-hybridized carbons (Fsp3) is 0. The predicted octanol–water partition coefficient (Wildman–Crippen LogP) is 3.21. The van der Waals surface area contributed by atoms with Gasteiger partial charge >= 0.3 is 0 Å². The van der Waals surface area contributed by atoms with E-state index in [-0.39, 0.29) is 0 Å². The Kier molecular flexibility index (Phi) is 1.10. The van der Waals surface area contributed by atoms with E-state index in [9.17, 15) is 0 Å². The first-order valence-corrected chi connectivity index (χ1v) is 5.01. The highest BCUT2D eigenvalue weighted by atomic mass is 15.1. The van der Waals surface area contributed by atoms with Gasteiger partial charge in [0.25, 0.3) is 0 Å². The van der Waals surface area contributed by atoms with E-state index < -0.39 is 0 Å². The molecule has 15 heavy (non-hydrogen) atoms. The fourth-order valence-electron chi connectivity index (χ4n) is 2.38. The van der Waals surface area contributed by atoms with Gasteiger partial charge in [-0.1, -0.05) is 36.4 Å². The van der Waals surface area contributed by atoms with Crippen LogP contribution in [0.3, 0.4) is 0 Å². The molecule has 0 aliphatic heterocycles. The monoisotopic (exact) mass is 192 g/mol. The van der Waals surface area contributed by atoms with Crippen LogP contribution in [0, 0.1) is 0 Å². The summed E-state index contributed by atoms with van der Waals surface area (Å²) < 4.78 is 0. The lowest BCUT2D eigenvalue weighted by molar-refractivity contribution is 1.10. The number of aromatic nitrogens is 2. The van der Waals surface area contributed by atoms with Gasteiger partial charge in [0.1, 0.15) is 0 Å². The molecule has 0 bridgehead atoms. The molecule has 3 aromatic rings. The molecule has 1 aliphatic carbocycles. The second kappa shape index (κ2) is 2.28. The highest BCUT2D eigenvalue weighted by Gasteiger charge is 2.25. The predicted molar refractivity (Wildman–Crippen MR) is 60.5 cm³/mol. The molecular weight excluding hydrogens is 184 g/mol. The van der Waals surface area contributed by atoms with Gasteiger partial charge in [-0.2, -0.15) is 5.10 Å².